The van der Waals surface area contributed by atoms with Crippen LogP contribution in [0.2, 0.25) is 0 Å². The summed E-state index contributed by atoms with van der Waals surface area (Å²) in [4.78, 5) is 0. The van der Waals surface area contributed by atoms with Crippen LogP contribution >= 0.6 is 0 Å². The van der Waals surface area contributed by atoms with Crippen molar-refractivity contribution in [2.75, 3.05) is 6.54 Å². The van der Waals surface area contributed by atoms with E-state index in [1.165, 1.54) is 11.1 Å². The second-order valence-electron chi connectivity index (χ2n) is 3.23. The first-order valence-corrected chi connectivity index (χ1v) is 4.57. The summed E-state index contributed by atoms with van der Waals surface area (Å²) in [5.41, 5.74) is 2.82. The van der Waals surface area contributed by atoms with Crippen molar-refractivity contribution >= 4 is 0 Å². The Morgan fingerprint density at radius 2 is 2.00 bits per heavy atom. The number of dihydropyridines is 1. The Balaban J connectivity index is 2.06. The van der Waals surface area contributed by atoms with Crippen LogP contribution in [0.5, 0.6) is 0 Å². The van der Waals surface area contributed by atoms with E-state index in [9.17, 15) is 0 Å². The molecule has 0 radical (unpaired) electrons. The minimum absolute atomic E-state index is 0.978. The molecule has 0 fully saturated rings. The maximum absolute atomic E-state index is 3.21. The highest BCUT2D eigenvalue weighted by molar-refractivity contribution is 5.26. The monoisotopic (exact) mass is 171 g/mol. The molecule has 0 saturated heterocycles. The van der Waals surface area contributed by atoms with Crippen LogP contribution in [0.25, 0.3) is 0 Å². The molecular weight excluding hydrogens is 158 g/mol. The Hall–Kier alpha value is -1.50. The zero-order chi connectivity index (χ0) is 8.93. The third kappa shape index (κ3) is 2.22. The molecular formula is C12H13N. The molecule has 1 aromatic carbocycles. The third-order valence-electron chi connectivity index (χ3n) is 2.15. The molecule has 1 heteroatoms. The van der Waals surface area contributed by atoms with Gasteiger partial charge in [0.25, 0.3) is 0 Å². The van der Waals surface area contributed by atoms with E-state index in [0.29, 0.717) is 0 Å². The van der Waals surface area contributed by atoms with E-state index in [0.717, 1.165) is 13.0 Å². The summed E-state index contributed by atoms with van der Waals surface area (Å²) in [6, 6.07) is 10.6. The molecule has 66 valence electrons. The molecule has 0 aromatic heterocycles. The lowest BCUT2D eigenvalue weighted by atomic mass is 10.0. The van der Waals surface area contributed by atoms with Gasteiger partial charge in [0, 0.05) is 6.54 Å². The Labute approximate surface area is 78.8 Å². The Morgan fingerprint density at radius 1 is 1.15 bits per heavy atom. The van der Waals surface area contributed by atoms with Crippen LogP contribution in [0.15, 0.2) is 54.3 Å². The first-order chi connectivity index (χ1) is 6.45. The summed E-state index contributed by atoms with van der Waals surface area (Å²) >= 11 is 0. The van der Waals surface area contributed by atoms with Crippen molar-refractivity contribution in [1.82, 2.24) is 5.32 Å². The average Bonchev–Trinajstić information content (AvgIpc) is 2.21. The molecule has 0 bridgehead atoms. The topological polar surface area (TPSA) is 12.0 Å². The summed E-state index contributed by atoms with van der Waals surface area (Å²) < 4.78 is 0. The van der Waals surface area contributed by atoms with E-state index in [-0.39, 0.29) is 0 Å². The first-order valence-electron chi connectivity index (χ1n) is 4.57. The van der Waals surface area contributed by atoms with Crippen LogP contribution in [-0.4, -0.2) is 6.54 Å². The van der Waals surface area contributed by atoms with E-state index in [2.05, 4.69) is 47.8 Å². The number of allylic oxidation sites excluding steroid dienone is 2. The Morgan fingerprint density at radius 3 is 2.69 bits per heavy atom. The van der Waals surface area contributed by atoms with Crippen molar-refractivity contribution in [3.8, 4) is 0 Å². The highest BCUT2D eigenvalue weighted by atomic mass is 14.8. The molecule has 0 saturated carbocycles. The lowest BCUT2D eigenvalue weighted by Gasteiger charge is -2.10. The van der Waals surface area contributed by atoms with Gasteiger partial charge in [-0.2, -0.15) is 0 Å². The fraction of sp³-hybridized carbons (Fsp3) is 0.167. The van der Waals surface area contributed by atoms with E-state index in [4.69, 9.17) is 0 Å². The highest BCUT2D eigenvalue weighted by Gasteiger charge is 1.99. The smallest absolute Gasteiger partial charge is 0.0361 e. The van der Waals surface area contributed by atoms with Crippen molar-refractivity contribution < 1.29 is 0 Å². The molecule has 1 aliphatic rings. The van der Waals surface area contributed by atoms with Crippen LogP contribution in [0.4, 0.5) is 0 Å². The van der Waals surface area contributed by atoms with Gasteiger partial charge in [0.15, 0.2) is 0 Å². The largest absolute Gasteiger partial charge is 0.387 e. The second kappa shape index (κ2) is 3.94. The molecule has 13 heavy (non-hydrogen) atoms. The quantitative estimate of drug-likeness (QED) is 0.719. The molecule has 0 atom stereocenters. The molecule has 1 N–H and O–H groups in total. The van der Waals surface area contributed by atoms with Crippen molar-refractivity contribution in [2.24, 2.45) is 0 Å². The maximum Gasteiger partial charge on any atom is 0.0361 e. The van der Waals surface area contributed by atoms with Gasteiger partial charge in [0.05, 0.1) is 0 Å². The predicted molar refractivity (Wildman–Crippen MR) is 55.4 cm³/mol. The summed E-state index contributed by atoms with van der Waals surface area (Å²) in [6.45, 7) is 0.978. The predicted octanol–water partition coefficient (Wildman–Crippen LogP) is 2.27. The molecule has 0 spiro atoms. The van der Waals surface area contributed by atoms with Gasteiger partial charge in [-0.3, -0.25) is 0 Å². The van der Waals surface area contributed by atoms with Crippen LogP contribution in [0, 0.1) is 0 Å². The number of hydrogen-bond acceptors (Lipinski definition) is 1. The second-order valence-corrected chi connectivity index (χ2v) is 3.23. The lowest BCUT2D eigenvalue weighted by molar-refractivity contribution is 0.885. The van der Waals surface area contributed by atoms with E-state index in [1.54, 1.807) is 0 Å². The zero-order valence-corrected chi connectivity index (χ0v) is 7.53. The van der Waals surface area contributed by atoms with Crippen molar-refractivity contribution in [1.29, 1.82) is 0 Å². The molecule has 0 amide bonds. The Kier molecular flexibility index (Phi) is 2.46. The van der Waals surface area contributed by atoms with Gasteiger partial charge in [0.2, 0.25) is 0 Å². The molecule has 2 rings (SSSR count). The number of benzene rings is 1. The van der Waals surface area contributed by atoms with Crippen LogP contribution in [0.1, 0.15) is 5.56 Å². The van der Waals surface area contributed by atoms with Crippen molar-refractivity contribution in [2.45, 2.75) is 6.42 Å². The fourth-order valence-electron chi connectivity index (χ4n) is 1.48. The van der Waals surface area contributed by atoms with Gasteiger partial charge in [-0.1, -0.05) is 36.4 Å². The summed E-state index contributed by atoms with van der Waals surface area (Å²) in [5.74, 6) is 0. The van der Waals surface area contributed by atoms with Crippen LogP contribution in [0.3, 0.4) is 0 Å². The minimum atomic E-state index is 0.978. The molecule has 1 heterocycles. The number of nitrogens with one attached hydrogen (secondary N) is 1. The zero-order valence-electron chi connectivity index (χ0n) is 7.53. The van der Waals surface area contributed by atoms with Crippen molar-refractivity contribution in [3.63, 3.8) is 0 Å². The van der Waals surface area contributed by atoms with Gasteiger partial charge in [-0.25, -0.2) is 0 Å². The van der Waals surface area contributed by atoms with E-state index < -0.39 is 0 Å². The summed E-state index contributed by atoms with van der Waals surface area (Å²) in [5, 5.41) is 3.21. The van der Waals surface area contributed by atoms with Crippen molar-refractivity contribution in [3.05, 3.63) is 59.8 Å². The fourth-order valence-corrected chi connectivity index (χ4v) is 1.48. The molecule has 1 aromatic rings. The van der Waals surface area contributed by atoms with Gasteiger partial charge in [0.1, 0.15) is 0 Å². The Bertz CT molecular complexity index is 322. The van der Waals surface area contributed by atoms with E-state index >= 15 is 0 Å². The average molecular weight is 171 g/mol. The highest BCUT2D eigenvalue weighted by Crippen LogP contribution is 2.08. The van der Waals surface area contributed by atoms with Gasteiger partial charge in [-0.15, -0.1) is 0 Å². The van der Waals surface area contributed by atoms with Gasteiger partial charge in [-0.05, 0) is 29.8 Å². The summed E-state index contributed by atoms with van der Waals surface area (Å²) in [7, 11) is 0. The third-order valence-corrected chi connectivity index (χ3v) is 2.15. The van der Waals surface area contributed by atoms with Gasteiger partial charge >= 0.3 is 0 Å². The molecule has 0 aliphatic carbocycles. The molecule has 1 nitrogen and oxygen atoms in total. The van der Waals surface area contributed by atoms with E-state index in [1.807, 2.05) is 6.20 Å². The normalized spacial score (nSPS) is 14.9. The lowest BCUT2D eigenvalue weighted by Crippen LogP contribution is -2.13. The number of hydrogen-bond donors (Lipinski definition) is 1. The maximum atomic E-state index is 3.21. The number of rotatable bonds is 2. The first kappa shape index (κ1) is 8.11. The summed E-state index contributed by atoms with van der Waals surface area (Å²) in [6.07, 6.45) is 7.28. The molecule has 1 aliphatic heterocycles. The van der Waals surface area contributed by atoms with Crippen LogP contribution < -0.4 is 5.32 Å². The standard InChI is InChI=1S/C12H13N/c1-2-5-11(6-3-1)9-12-7-4-8-13-10-12/h1-8,13H,9-10H2. The SMILES string of the molecule is C1=CNCC(Cc2ccccc2)=C1. The minimum Gasteiger partial charge on any atom is -0.387 e. The van der Waals surface area contributed by atoms with Gasteiger partial charge < -0.3 is 5.32 Å². The molecule has 0 unspecified atom stereocenters. The van der Waals surface area contributed by atoms with Crippen LogP contribution in [-0.2, 0) is 6.42 Å².